The number of amides is 2. The second-order valence-corrected chi connectivity index (χ2v) is 5.76. The summed E-state index contributed by atoms with van der Waals surface area (Å²) in [6, 6.07) is 13.1. The second kappa shape index (κ2) is 8.82. The quantitative estimate of drug-likeness (QED) is 0.811. The third-order valence-electron chi connectivity index (χ3n) is 3.28. The molecular formula is C19H21FN2O3. The molecule has 0 heterocycles. The van der Waals surface area contributed by atoms with Crippen molar-refractivity contribution in [3.63, 3.8) is 0 Å². The van der Waals surface area contributed by atoms with E-state index in [-0.39, 0.29) is 30.5 Å². The molecule has 2 amide bonds. The normalized spacial score (nSPS) is 10.4. The minimum Gasteiger partial charge on any atom is -0.489 e. The first-order valence-electron chi connectivity index (χ1n) is 8.01. The number of rotatable bonds is 7. The van der Waals surface area contributed by atoms with Gasteiger partial charge < -0.3 is 15.4 Å². The molecule has 0 atom stereocenters. The molecule has 2 rings (SSSR count). The number of carbonyl (C=O) groups is 2. The van der Waals surface area contributed by atoms with Crippen LogP contribution in [-0.2, 0) is 16.0 Å². The predicted molar refractivity (Wildman–Crippen MR) is 93.9 cm³/mol. The molecule has 0 saturated carbocycles. The van der Waals surface area contributed by atoms with E-state index in [0.717, 1.165) is 0 Å². The summed E-state index contributed by atoms with van der Waals surface area (Å²) in [7, 11) is 0. The van der Waals surface area contributed by atoms with E-state index >= 15 is 0 Å². The minimum atomic E-state index is -0.443. The molecule has 0 aliphatic rings. The summed E-state index contributed by atoms with van der Waals surface area (Å²) in [5.41, 5.74) is 0.820. The maximum absolute atomic E-state index is 13.5. The summed E-state index contributed by atoms with van der Waals surface area (Å²) in [6.07, 6.45) is -0.147. The number of halogens is 1. The van der Waals surface area contributed by atoms with Gasteiger partial charge >= 0.3 is 0 Å². The fourth-order valence-electron chi connectivity index (χ4n) is 2.18. The first-order chi connectivity index (χ1) is 12.0. The molecule has 0 saturated heterocycles. The Morgan fingerprint density at radius 2 is 1.72 bits per heavy atom. The molecule has 5 nitrogen and oxygen atoms in total. The first-order valence-corrected chi connectivity index (χ1v) is 8.01. The molecular weight excluding hydrogens is 323 g/mol. The molecule has 0 aliphatic carbocycles. The number of anilines is 1. The molecule has 0 radical (unpaired) electrons. The van der Waals surface area contributed by atoms with Gasteiger partial charge in [-0.3, -0.25) is 9.59 Å². The van der Waals surface area contributed by atoms with Crippen LogP contribution in [0.1, 0.15) is 19.4 Å². The number of ether oxygens (including phenoxy) is 1. The van der Waals surface area contributed by atoms with E-state index in [9.17, 15) is 14.0 Å². The van der Waals surface area contributed by atoms with E-state index < -0.39 is 11.7 Å². The molecule has 132 valence electrons. The summed E-state index contributed by atoms with van der Waals surface area (Å²) in [5, 5.41) is 5.17. The maximum Gasteiger partial charge on any atom is 0.243 e. The fourth-order valence-corrected chi connectivity index (χ4v) is 2.18. The van der Waals surface area contributed by atoms with E-state index in [1.54, 1.807) is 30.3 Å². The number of benzene rings is 2. The number of carbonyl (C=O) groups excluding carboxylic acids is 2. The highest BCUT2D eigenvalue weighted by Crippen LogP contribution is 2.24. The summed E-state index contributed by atoms with van der Waals surface area (Å²) in [4.78, 5) is 23.9. The van der Waals surface area contributed by atoms with Gasteiger partial charge in [-0.1, -0.05) is 30.3 Å². The molecule has 0 spiro atoms. The highest BCUT2D eigenvalue weighted by Gasteiger charge is 2.11. The third-order valence-corrected chi connectivity index (χ3v) is 3.28. The molecule has 2 aromatic rings. The summed E-state index contributed by atoms with van der Waals surface area (Å²) in [6.45, 7) is 3.58. The van der Waals surface area contributed by atoms with E-state index in [1.807, 2.05) is 19.9 Å². The van der Waals surface area contributed by atoms with Gasteiger partial charge in [0.15, 0.2) is 0 Å². The van der Waals surface area contributed by atoms with E-state index in [4.69, 9.17) is 4.74 Å². The van der Waals surface area contributed by atoms with Crippen molar-refractivity contribution in [2.75, 3.05) is 11.9 Å². The van der Waals surface area contributed by atoms with Gasteiger partial charge in [0.25, 0.3) is 0 Å². The van der Waals surface area contributed by atoms with Crippen LogP contribution in [0, 0.1) is 5.82 Å². The Hall–Kier alpha value is -2.89. The monoisotopic (exact) mass is 344 g/mol. The average molecular weight is 344 g/mol. The molecule has 0 fully saturated rings. The van der Waals surface area contributed by atoms with Crippen LogP contribution in [0.3, 0.4) is 0 Å². The van der Waals surface area contributed by atoms with Gasteiger partial charge in [0, 0.05) is 0 Å². The maximum atomic E-state index is 13.5. The highest BCUT2D eigenvalue weighted by molar-refractivity contribution is 5.95. The van der Waals surface area contributed by atoms with E-state index in [0.29, 0.717) is 11.4 Å². The Bertz CT molecular complexity index is 747. The van der Waals surface area contributed by atoms with Gasteiger partial charge in [0.05, 0.1) is 24.8 Å². The zero-order valence-corrected chi connectivity index (χ0v) is 14.2. The van der Waals surface area contributed by atoms with Crippen LogP contribution in [0.4, 0.5) is 10.1 Å². The lowest BCUT2D eigenvalue weighted by molar-refractivity contribution is -0.123. The second-order valence-electron chi connectivity index (χ2n) is 5.76. The fraction of sp³-hybridized carbons (Fsp3) is 0.263. The van der Waals surface area contributed by atoms with Crippen molar-refractivity contribution >= 4 is 17.5 Å². The van der Waals surface area contributed by atoms with Crippen LogP contribution >= 0.6 is 0 Å². The smallest absolute Gasteiger partial charge is 0.243 e. The predicted octanol–water partition coefficient (Wildman–Crippen LogP) is 2.91. The van der Waals surface area contributed by atoms with Gasteiger partial charge in [-0.05, 0) is 37.6 Å². The van der Waals surface area contributed by atoms with Gasteiger partial charge in [-0.2, -0.15) is 0 Å². The molecule has 2 N–H and O–H groups in total. The summed E-state index contributed by atoms with van der Waals surface area (Å²) >= 11 is 0. The van der Waals surface area contributed by atoms with Gasteiger partial charge in [0.1, 0.15) is 11.6 Å². The average Bonchev–Trinajstić information content (AvgIpc) is 2.56. The SMILES string of the molecule is CC(C)Oc1ccccc1NC(=O)CNC(=O)Cc1ccccc1F. The van der Waals surface area contributed by atoms with Crippen molar-refractivity contribution in [3.8, 4) is 5.75 Å². The third kappa shape index (κ3) is 5.91. The standard InChI is InChI=1S/C19H21FN2O3/c1-13(2)25-17-10-6-5-9-16(17)22-19(24)12-21-18(23)11-14-7-3-4-8-15(14)20/h3-10,13H,11-12H2,1-2H3,(H,21,23)(H,22,24). The van der Waals surface area contributed by atoms with Crippen molar-refractivity contribution < 1.29 is 18.7 Å². The molecule has 0 unspecified atom stereocenters. The van der Waals surface area contributed by atoms with Crippen LogP contribution < -0.4 is 15.4 Å². The molecule has 0 aromatic heterocycles. The molecule has 25 heavy (non-hydrogen) atoms. The zero-order valence-electron chi connectivity index (χ0n) is 14.2. The largest absolute Gasteiger partial charge is 0.489 e. The number of hydrogen-bond acceptors (Lipinski definition) is 3. The van der Waals surface area contributed by atoms with Crippen LogP contribution in [0.25, 0.3) is 0 Å². The lowest BCUT2D eigenvalue weighted by atomic mass is 10.1. The number of nitrogens with one attached hydrogen (secondary N) is 2. The Morgan fingerprint density at radius 3 is 2.44 bits per heavy atom. The van der Waals surface area contributed by atoms with Crippen LogP contribution in [0.2, 0.25) is 0 Å². The first kappa shape index (κ1) is 18.4. The van der Waals surface area contributed by atoms with Crippen LogP contribution in [0.15, 0.2) is 48.5 Å². The number of hydrogen-bond donors (Lipinski definition) is 2. The topological polar surface area (TPSA) is 67.4 Å². The Labute approximate surface area is 146 Å². The van der Waals surface area contributed by atoms with Crippen molar-refractivity contribution in [3.05, 3.63) is 59.9 Å². The van der Waals surface area contributed by atoms with Crippen molar-refractivity contribution in [1.29, 1.82) is 0 Å². The Kier molecular flexibility index (Phi) is 6.51. The lowest BCUT2D eigenvalue weighted by Crippen LogP contribution is -2.34. The minimum absolute atomic E-state index is 0.0291. The number of para-hydroxylation sites is 2. The van der Waals surface area contributed by atoms with E-state index in [1.165, 1.54) is 12.1 Å². The van der Waals surface area contributed by atoms with Gasteiger partial charge in [-0.15, -0.1) is 0 Å². The Morgan fingerprint density at radius 1 is 1.04 bits per heavy atom. The van der Waals surface area contributed by atoms with Gasteiger partial charge in [-0.25, -0.2) is 4.39 Å². The van der Waals surface area contributed by atoms with Crippen molar-refractivity contribution in [2.24, 2.45) is 0 Å². The Balaban J connectivity index is 1.87. The van der Waals surface area contributed by atoms with Crippen LogP contribution in [-0.4, -0.2) is 24.5 Å². The molecule has 0 aliphatic heterocycles. The lowest BCUT2D eigenvalue weighted by Gasteiger charge is -2.15. The zero-order chi connectivity index (χ0) is 18.2. The van der Waals surface area contributed by atoms with E-state index in [2.05, 4.69) is 10.6 Å². The highest BCUT2D eigenvalue weighted by atomic mass is 19.1. The molecule has 6 heteroatoms. The molecule has 0 bridgehead atoms. The van der Waals surface area contributed by atoms with Crippen molar-refractivity contribution in [2.45, 2.75) is 26.4 Å². The van der Waals surface area contributed by atoms with Gasteiger partial charge in [0.2, 0.25) is 11.8 Å². The molecule has 2 aromatic carbocycles. The van der Waals surface area contributed by atoms with Crippen molar-refractivity contribution in [1.82, 2.24) is 5.32 Å². The summed E-state index contributed by atoms with van der Waals surface area (Å²) in [5.74, 6) is -0.695. The summed E-state index contributed by atoms with van der Waals surface area (Å²) < 4.78 is 19.1. The van der Waals surface area contributed by atoms with Crippen LogP contribution in [0.5, 0.6) is 5.75 Å².